The fourth-order valence-electron chi connectivity index (χ4n) is 2.39. The second-order valence-corrected chi connectivity index (χ2v) is 5.46. The van der Waals surface area contributed by atoms with Crippen molar-refractivity contribution in [1.82, 2.24) is 4.98 Å². The molecular formula is C19H23NO2. The van der Waals surface area contributed by atoms with Crippen molar-refractivity contribution in [3.63, 3.8) is 0 Å². The number of pyridine rings is 1. The van der Waals surface area contributed by atoms with E-state index in [9.17, 15) is 4.79 Å². The Morgan fingerprint density at radius 2 is 1.95 bits per heavy atom. The van der Waals surface area contributed by atoms with Gasteiger partial charge in [-0.05, 0) is 43.9 Å². The Labute approximate surface area is 132 Å². The fraction of sp³-hybridized carbons (Fsp3) is 0.368. The topological polar surface area (TPSA) is 39.2 Å². The minimum Gasteiger partial charge on any atom is -0.466 e. The fourth-order valence-corrected chi connectivity index (χ4v) is 2.39. The van der Waals surface area contributed by atoms with Crippen molar-refractivity contribution in [2.24, 2.45) is 5.92 Å². The SMILES string of the molecule is CCOC(=O)C(C)CCCc1ccc(-c2ccccn2)cc1. The molecule has 3 heteroatoms. The summed E-state index contributed by atoms with van der Waals surface area (Å²) in [5.74, 6) is -0.110. The number of esters is 1. The number of hydrogen-bond donors (Lipinski definition) is 0. The van der Waals surface area contributed by atoms with Crippen molar-refractivity contribution in [2.45, 2.75) is 33.1 Å². The third-order valence-corrected chi connectivity index (χ3v) is 3.71. The van der Waals surface area contributed by atoms with Crippen LogP contribution in [0, 0.1) is 5.92 Å². The molecule has 0 spiro atoms. The lowest BCUT2D eigenvalue weighted by Gasteiger charge is -2.10. The molecule has 0 aliphatic heterocycles. The predicted octanol–water partition coefficient (Wildman–Crippen LogP) is 4.27. The molecule has 0 fully saturated rings. The summed E-state index contributed by atoms with van der Waals surface area (Å²) in [7, 11) is 0. The number of aryl methyl sites for hydroxylation is 1. The first-order valence-electron chi connectivity index (χ1n) is 7.87. The van der Waals surface area contributed by atoms with Crippen molar-refractivity contribution in [1.29, 1.82) is 0 Å². The summed E-state index contributed by atoms with van der Waals surface area (Å²) in [6, 6.07) is 14.4. The number of ether oxygens (including phenoxy) is 1. The van der Waals surface area contributed by atoms with E-state index >= 15 is 0 Å². The highest BCUT2D eigenvalue weighted by molar-refractivity contribution is 5.71. The van der Waals surface area contributed by atoms with Crippen LogP contribution in [0.2, 0.25) is 0 Å². The molecule has 1 atom stereocenters. The van der Waals surface area contributed by atoms with Crippen LogP contribution in [0.1, 0.15) is 32.3 Å². The van der Waals surface area contributed by atoms with E-state index in [4.69, 9.17) is 4.74 Å². The first-order valence-corrected chi connectivity index (χ1v) is 7.87. The molecule has 2 aromatic rings. The van der Waals surface area contributed by atoms with Crippen LogP contribution in [-0.2, 0) is 16.0 Å². The molecule has 0 saturated carbocycles. The van der Waals surface area contributed by atoms with Gasteiger partial charge in [-0.2, -0.15) is 0 Å². The van der Waals surface area contributed by atoms with Crippen LogP contribution in [0.3, 0.4) is 0 Å². The third-order valence-electron chi connectivity index (χ3n) is 3.71. The Balaban J connectivity index is 1.83. The van der Waals surface area contributed by atoms with Gasteiger partial charge in [0, 0.05) is 11.8 Å². The molecule has 1 aromatic heterocycles. The molecular weight excluding hydrogens is 274 g/mol. The van der Waals surface area contributed by atoms with E-state index in [-0.39, 0.29) is 11.9 Å². The van der Waals surface area contributed by atoms with Crippen LogP contribution in [0.15, 0.2) is 48.7 Å². The van der Waals surface area contributed by atoms with Crippen LogP contribution in [-0.4, -0.2) is 17.6 Å². The lowest BCUT2D eigenvalue weighted by atomic mass is 10.00. The number of rotatable bonds is 7. The molecule has 0 N–H and O–H groups in total. The Kier molecular flexibility index (Phi) is 6.13. The highest BCUT2D eigenvalue weighted by Gasteiger charge is 2.13. The molecule has 0 aliphatic carbocycles. The number of benzene rings is 1. The highest BCUT2D eigenvalue weighted by Crippen LogP contribution is 2.18. The van der Waals surface area contributed by atoms with Crippen molar-refractivity contribution >= 4 is 5.97 Å². The normalized spacial score (nSPS) is 11.9. The molecule has 0 bridgehead atoms. The maximum Gasteiger partial charge on any atom is 0.308 e. The molecule has 0 radical (unpaired) electrons. The van der Waals surface area contributed by atoms with Crippen molar-refractivity contribution in [3.05, 3.63) is 54.2 Å². The zero-order valence-corrected chi connectivity index (χ0v) is 13.3. The van der Waals surface area contributed by atoms with Gasteiger partial charge in [0.2, 0.25) is 0 Å². The van der Waals surface area contributed by atoms with Gasteiger partial charge in [-0.3, -0.25) is 9.78 Å². The van der Waals surface area contributed by atoms with Gasteiger partial charge in [0.15, 0.2) is 0 Å². The maximum absolute atomic E-state index is 11.6. The molecule has 1 unspecified atom stereocenters. The molecule has 1 heterocycles. The zero-order chi connectivity index (χ0) is 15.8. The van der Waals surface area contributed by atoms with Crippen LogP contribution in [0.5, 0.6) is 0 Å². The van der Waals surface area contributed by atoms with Crippen LogP contribution >= 0.6 is 0 Å². The summed E-state index contributed by atoms with van der Waals surface area (Å²) in [5, 5.41) is 0. The van der Waals surface area contributed by atoms with Gasteiger partial charge in [-0.15, -0.1) is 0 Å². The monoisotopic (exact) mass is 297 g/mol. The van der Waals surface area contributed by atoms with Crippen LogP contribution < -0.4 is 0 Å². The molecule has 3 nitrogen and oxygen atoms in total. The van der Waals surface area contributed by atoms with Gasteiger partial charge in [0.05, 0.1) is 18.2 Å². The molecule has 0 saturated heterocycles. The third kappa shape index (κ3) is 4.69. The Bertz CT molecular complexity index is 578. The standard InChI is InChI=1S/C19H23NO2/c1-3-22-19(21)15(2)7-6-8-16-10-12-17(13-11-16)18-9-4-5-14-20-18/h4-5,9-15H,3,6-8H2,1-2H3. The van der Waals surface area contributed by atoms with Crippen molar-refractivity contribution < 1.29 is 9.53 Å². The molecule has 0 amide bonds. The molecule has 1 aromatic carbocycles. The zero-order valence-electron chi connectivity index (χ0n) is 13.3. The molecule has 116 valence electrons. The van der Waals surface area contributed by atoms with Gasteiger partial charge in [-0.1, -0.05) is 37.3 Å². The number of carbonyl (C=O) groups excluding carboxylic acids is 1. The lowest BCUT2D eigenvalue weighted by Crippen LogP contribution is -2.14. The van der Waals surface area contributed by atoms with E-state index < -0.39 is 0 Å². The number of carbonyl (C=O) groups is 1. The second kappa shape index (κ2) is 8.32. The maximum atomic E-state index is 11.6. The van der Waals surface area contributed by atoms with Gasteiger partial charge in [0.1, 0.15) is 0 Å². The first kappa shape index (κ1) is 16.2. The van der Waals surface area contributed by atoms with E-state index in [1.54, 1.807) is 6.20 Å². The van der Waals surface area contributed by atoms with E-state index in [2.05, 4.69) is 29.2 Å². The predicted molar refractivity (Wildman–Crippen MR) is 88.4 cm³/mol. The molecule has 2 rings (SSSR count). The van der Waals surface area contributed by atoms with Crippen molar-refractivity contribution in [3.8, 4) is 11.3 Å². The minimum atomic E-state index is -0.0898. The summed E-state index contributed by atoms with van der Waals surface area (Å²) in [6.45, 7) is 4.23. The second-order valence-electron chi connectivity index (χ2n) is 5.46. The number of aromatic nitrogens is 1. The van der Waals surface area contributed by atoms with Gasteiger partial charge in [-0.25, -0.2) is 0 Å². The summed E-state index contributed by atoms with van der Waals surface area (Å²) in [5.41, 5.74) is 3.41. The van der Waals surface area contributed by atoms with Crippen LogP contribution in [0.25, 0.3) is 11.3 Å². The van der Waals surface area contributed by atoms with Crippen LogP contribution in [0.4, 0.5) is 0 Å². The van der Waals surface area contributed by atoms with Crippen molar-refractivity contribution in [2.75, 3.05) is 6.61 Å². The summed E-state index contributed by atoms with van der Waals surface area (Å²) >= 11 is 0. The van der Waals surface area contributed by atoms with Gasteiger partial charge < -0.3 is 4.74 Å². The van der Waals surface area contributed by atoms with E-state index in [0.717, 1.165) is 30.5 Å². The molecule has 0 aliphatic rings. The largest absolute Gasteiger partial charge is 0.466 e. The minimum absolute atomic E-state index is 0.0206. The Hall–Kier alpha value is -2.16. The Morgan fingerprint density at radius 1 is 1.18 bits per heavy atom. The van der Waals surface area contributed by atoms with E-state index in [0.29, 0.717) is 6.61 Å². The average Bonchev–Trinajstić information content (AvgIpc) is 2.56. The number of hydrogen-bond acceptors (Lipinski definition) is 3. The molecule has 22 heavy (non-hydrogen) atoms. The first-order chi connectivity index (χ1) is 10.7. The highest BCUT2D eigenvalue weighted by atomic mass is 16.5. The smallest absolute Gasteiger partial charge is 0.308 e. The summed E-state index contributed by atoms with van der Waals surface area (Å²) < 4.78 is 5.03. The summed E-state index contributed by atoms with van der Waals surface area (Å²) in [4.78, 5) is 15.9. The average molecular weight is 297 g/mol. The van der Waals surface area contributed by atoms with E-state index in [1.165, 1.54) is 5.56 Å². The lowest BCUT2D eigenvalue weighted by molar-refractivity contribution is -0.147. The van der Waals surface area contributed by atoms with Gasteiger partial charge in [0.25, 0.3) is 0 Å². The summed E-state index contributed by atoms with van der Waals surface area (Å²) in [6.07, 6.45) is 4.63. The number of nitrogens with zero attached hydrogens (tertiary/aromatic N) is 1. The quantitative estimate of drug-likeness (QED) is 0.716. The Morgan fingerprint density at radius 3 is 2.59 bits per heavy atom. The van der Waals surface area contributed by atoms with E-state index in [1.807, 2.05) is 32.0 Å². The van der Waals surface area contributed by atoms with Gasteiger partial charge >= 0.3 is 5.97 Å².